The summed E-state index contributed by atoms with van der Waals surface area (Å²) in [5.74, 6) is 0.0136. The smallest absolute Gasteiger partial charge is 0.190 e. The molecule has 20 heavy (non-hydrogen) atoms. The minimum Gasteiger partial charge on any atom is -0.370 e. The Kier molecular flexibility index (Phi) is 5.59. The molecule has 0 unspecified atom stereocenters. The molecule has 114 valence electrons. The van der Waals surface area contributed by atoms with Gasteiger partial charge in [0.15, 0.2) is 5.96 Å². The van der Waals surface area contributed by atoms with E-state index < -0.39 is 0 Å². The summed E-state index contributed by atoms with van der Waals surface area (Å²) in [4.78, 5) is 6.23. The number of aliphatic imine (C=N–C) groups is 1. The predicted molar refractivity (Wildman–Crippen MR) is 82.9 cm³/mol. The number of nitrogens with two attached hydrogens (primary N) is 3. The summed E-state index contributed by atoms with van der Waals surface area (Å²) < 4.78 is 5.71. The van der Waals surface area contributed by atoms with Gasteiger partial charge in [-0.05, 0) is 33.3 Å². The molecular formula is C14H27N5O. The predicted octanol–water partition coefficient (Wildman–Crippen LogP) is 0.506. The largest absolute Gasteiger partial charge is 0.370 e. The highest BCUT2D eigenvalue weighted by atomic mass is 16.5. The molecule has 1 aliphatic rings. The van der Waals surface area contributed by atoms with E-state index in [-0.39, 0.29) is 17.6 Å². The molecule has 6 nitrogen and oxygen atoms in total. The van der Waals surface area contributed by atoms with E-state index in [1.807, 2.05) is 26.8 Å². The lowest BCUT2D eigenvalue weighted by atomic mass is 10.2. The Bertz CT molecular complexity index is 404. The van der Waals surface area contributed by atoms with Crippen molar-refractivity contribution >= 4 is 5.96 Å². The molecule has 0 radical (unpaired) electrons. The highest BCUT2D eigenvalue weighted by Gasteiger charge is 2.19. The molecule has 0 saturated carbocycles. The highest BCUT2D eigenvalue weighted by Crippen LogP contribution is 2.17. The number of ether oxygens (including phenoxy) is 1. The third kappa shape index (κ3) is 6.08. The van der Waals surface area contributed by atoms with Gasteiger partial charge in [0.05, 0.1) is 17.9 Å². The molecule has 6 N–H and O–H groups in total. The Balaban J connectivity index is 2.74. The molecule has 0 aliphatic carbocycles. The van der Waals surface area contributed by atoms with Crippen molar-refractivity contribution in [2.45, 2.75) is 38.8 Å². The third-order valence-corrected chi connectivity index (χ3v) is 2.89. The number of nitrogens with zero attached hydrogens (tertiary/aromatic N) is 2. The summed E-state index contributed by atoms with van der Waals surface area (Å²) in [6.45, 7) is 12.0. The second-order valence-electron chi connectivity index (χ2n) is 6.06. The van der Waals surface area contributed by atoms with Gasteiger partial charge in [0.25, 0.3) is 0 Å². The maximum absolute atomic E-state index is 5.89. The Morgan fingerprint density at radius 3 is 2.55 bits per heavy atom. The number of hydrogen-bond acceptors (Lipinski definition) is 4. The zero-order chi connectivity index (χ0) is 15.3. The van der Waals surface area contributed by atoms with Crippen molar-refractivity contribution in [3.8, 4) is 0 Å². The van der Waals surface area contributed by atoms with Crippen LogP contribution in [0.3, 0.4) is 0 Å². The van der Waals surface area contributed by atoms with Gasteiger partial charge < -0.3 is 26.8 Å². The molecule has 1 atom stereocenters. The van der Waals surface area contributed by atoms with Crippen LogP contribution >= 0.6 is 0 Å². The molecule has 1 aliphatic heterocycles. The minimum atomic E-state index is -0.255. The SMILES string of the molecule is C=C(/C=C(/COC(C)(C)C)N=C(N)N)N1CC[C@@H](N)C1. The van der Waals surface area contributed by atoms with Gasteiger partial charge in [-0.1, -0.05) is 6.58 Å². The van der Waals surface area contributed by atoms with E-state index in [2.05, 4.69) is 16.5 Å². The first kappa shape index (κ1) is 16.5. The summed E-state index contributed by atoms with van der Waals surface area (Å²) in [6, 6.07) is 0.206. The molecule has 0 aromatic carbocycles. The van der Waals surface area contributed by atoms with E-state index in [0.29, 0.717) is 12.3 Å². The highest BCUT2D eigenvalue weighted by molar-refractivity contribution is 5.76. The van der Waals surface area contributed by atoms with Crippen LogP contribution in [0.2, 0.25) is 0 Å². The molecule has 1 heterocycles. The Labute approximate surface area is 121 Å². The summed E-state index contributed by atoms with van der Waals surface area (Å²) in [6.07, 6.45) is 2.83. The summed E-state index contributed by atoms with van der Waals surface area (Å²) in [5, 5.41) is 0. The lowest BCUT2D eigenvalue weighted by molar-refractivity contribution is 0.0107. The van der Waals surface area contributed by atoms with Gasteiger partial charge in [0, 0.05) is 24.8 Å². The van der Waals surface area contributed by atoms with Gasteiger partial charge >= 0.3 is 0 Å². The lowest BCUT2D eigenvalue weighted by Crippen LogP contribution is -2.26. The Hall–Kier alpha value is -1.53. The number of allylic oxidation sites excluding steroid dienone is 1. The van der Waals surface area contributed by atoms with Crippen molar-refractivity contribution < 1.29 is 4.74 Å². The molecular weight excluding hydrogens is 254 g/mol. The molecule has 0 spiro atoms. The third-order valence-electron chi connectivity index (χ3n) is 2.89. The van der Waals surface area contributed by atoms with Gasteiger partial charge in [-0.25, -0.2) is 4.99 Å². The van der Waals surface area contributed by atoms with Crippen molar-refractivity contribution in [2.75, 3.05) is 19.7 Å². The van der Waals surface area contributed by atoms with Crippen LogP contribution in [0.5, 0.6) is 0 Å². The fourth-order valence-electron chi connectivity index (χ4n) is 1.89. The number of guanidine groups is 1. The van der Waals surface area contributed by atoms with Crippen LogP contribution in [-0.2, 0) is 4.74 Å². The van der Waals surface area contributed by atoms with Crippen LogP contribution < -0.4 is 17.2 Å². The van der Waals surface area contributed by atoms with Gasteiger partial charge in [0.1, 0.15) is 0 Å². The summed E-state index contributed by atoms with van der Waals surface area (Å²) >= 11 is 0. The Morgan fingerprint density at radius 1 is 1.45 bits per heavy atom. The average Bonchev–Trinajstić information content (AvgIpc) is 2.71. The van der Waals surface area contributed by atoms with E-state index in [1.54, 1.807) is 0 Å². The van der Waals surface area contributed by atoms with E-state index in [4.69, 9.17) is 21.9 Å². The minimum absolute atomic E-state index is 0.0136. The van der Waals surface area contributed by atoms with Gasteiger partial charge in [-0.2, -0.15) is 0 Å². The van der Waals surface area contributed by atoms with E-state index in [0.717, 1.165) is 25.2 Å². The van der Waals surface area contributed by atoms with E-state index in [9.17, 15) is 0 Å². The van der Waals surface area contributed by atoms with Crippen molar-refractivity contribution in [1.82, 2.24) is 4.90 Å². The standard InChI is InChI=1S/C14H27N5O/c1-10(19-6-5-11(15)8-19)7-12(18-13(16)17)9-20-14(2,3)4/h7,11H,1,5-6,8-9,15H2,2-4H3,(H4,16,17,18)/b12-7-/t11-/m1/s1. The van der Waals surface area contributed by atoms with E-state index in [1.165, 1.54) is 0 Å². The number of hydrogen-bond donors (Lipinski definition) is 3. The fourth-order valence-corrected chi connectivity index (χ4v) is 1.89. The van der Waals surface area contributed by atoms with Crippen LogP contribution in [0, 0.1) is 0 Å². The molecule has 1 fully saturated rings. The van der Waals surface area contributed by atoms with Crippen molar-refractivity contribution in [3.63, 3.8) is 0 Å². The van der Waals surface area contributed by atoms with Crippen molar-refractivity contribution in [2.24, 2.45) is 22.2 Å². The topological polar surface area (TPSA) is 103 Å². The molecule has 0 bridgehead atoms. The molecule has 1 saturated heterocycles. The quantitative estimate of drug-likeness (QED) is 0.387. The number of likely N-dealkylation sites (tertiary alicyclic amines) is 1. The van der Waals surface area contributed by atoms with Crippen LogP contribution in [-0.4, -0.2) is 42.2 Å². The first-order valence-corrected chi connectivity index (χ1v) is 6.81. The van der Waals surface area contributed by atoms with Crippen molar-refractivity contribution in [3.05, 3.63) is 24.0 Å². The fraction of sp³-hybridized carbons (Fsp3) is 0.643. The van der Waals surface area contributed by atoms with Gasteiger partial charge in [-0.15, -0.1) is 0 Å². The molecule has 0 aromatic heterocycles. The first-order valence-electron chi connectivity index (χ1n) is 6.81. The molecule has 0 amide bonds. The second-order valence-corrected chi connectivity index (χ2v) is 6.06. The van der Waals surface area contributed by atoms with Crippen LogP contribution in [0.1, 0.15) is 27.2 Å². The Morgan fingerprint density at radius 2 is 2.10 bits per heavy atom. The normalized spacial score (nSPS) is 20.1. The number of rotatable bonds is 5. The monoisotopic (exact) mass is 281 g/mol. The zero-order valence-corrected chi connectivity index (χ0v) is 12.7. The zero-order valence-electron chi connectivity index (χ0n) is 12.7. The summed E-state index contributed by atoms with van der Waals surface area (Å²) in [7, 11) is 0. The molecule has 6 heteroatoms. The van der Waals surface area contributed by atoms with E-state index >= 15 is 0 Å². The van der Waals surface area contributed by atoms with Gasteiger partial charge in [-0.3, -0.25) is 0 Å². The average molecular weight is 281 g/mol. The second kappa shape index (κ2) is 6.76. The summed E-state index contributed by atoms with van der Waals surface area (Å²) in [5.41, 5.74) is 18.1. The maximum atomic E-state index is 5.89. The van der Waals surface area contributed by atoms with Crippen LogP contribution in [0.25, 0.3) is 0 Å². The maximum Gasteiger partial charge on any atom is 0.190 e. The van der Waals surface area contributed by atoms with Crippen LogP contribution in [0.15, 0.2) is 29.0 Å². The molecule has 0 aromatic rings. The lowest BCUT2D eigenvalue weighted by Gasteiger charge is -2.21. The molecule has 1 rings (SSSR count). The van der Waals surface area contributed by atoms with Crippen molar-refractivity contribution in [1.29, 1.82) is 0 Å². The first-order chi connectivity index (χ1) is 9.17. The van der Waals surface area contributed by atoms with Gasteiger partial charge in [0.2, 0.25) is 0 Å². The van der Waals surface area contributed by atoms with Crippen LogP contribution in [0.4, 0.5) is 0 Å².